The lowest BCUT2D eigenvalue weighted by Crippen LogP contribution is -1.98. The van der Waals surface area contributed by atoms with Crippen LogP contribution in [0.4, 0.5) is 4.39 Å². The molecule has 0 aliphatic carbocycles. The van der Waals surface area contributed by atoms with Gasteiger partial charge in [-0.15, -0.1) is 0 Å². The Bertz CT molecular complexity index is 718. The van der Waals surface area contributed by atoms with Crippen molar-refractivity contribution in [3.63, 3.8) is 0 Å². The highest BCUT2D eigenvalue weighted by Gasteiger charge is 2.03. The summed E-state index contributed by atoms with van der Waals surface area (Å²) >= 11 is 0. The summed E-state index contributed by atoms with van der Waals surface area (Å²) < 4.78 is 20.5. The molecule has 0 spiro atoms. The highest BCUT2D eigenvalue weighted by atomic mass is 19.1. The van der Waals surface area contributed by atoms with E-state index in [0.717, 1.165) is 22.2 Å². The van der Waals surface area contributed by atoms with Gasteiger partial charge in [-0.2, -0.15) is 0 Å². The lowest BCUT2D eigenvalue weighted by atomic mass is 10.2. The summed E-state index contributed by atoms with van der Waals surface area (Å²) in [5.41, 5.74) is 2.07. The van der Waals surface area contributed by atoms with Gasteiger partial charge in [0.15, 0.2) is 0 Å². The Morgan fingerprint density at radius 2 is 2.00 bits per heavy atom. The molecule has 3 aromatic rings. The van der Waals surface area contributed by atoms with Crippen LogP contribution in [0.15, 0.2) is 54.7 Å². The zero-order valence-electron chi connectivity index (χ0n) is 10.6. The normalized spacial score (nSPS) is 10.8. The third-order valence-electron chi connectivity index (χ3n) is 3.22. The standard InChI is InChI=1S/C16H14FNO/c1-19-15-5-6-16-13(10-15)7-8-18(16)11-12-3-2-4-14(17)9-12/h2-10H,11H2,1H3. The predicted molar refractivity (Wildman–Crippen MR) is 74.0 cm³/mol. The average Bonchev–Trinajstić information content (AvgIpc) is 2.81. The van der Waals surface area contributed by atoms with Crippen molar-refractivity contribution < 1.29 is 9.13 Å². The second-order valence-corrected chi connectivity index (χ2v) is 4.50. The third-order valence-corrected chi connectivity index (χ3v) is 3.22. The van der Waals surface area contributed by atoms with Crippen LogP contribution >= 0.6 is 0 Å². The molecule has 0 saturated heterocycles. The van der Waals surface area contributed by atoms with Gasteiger partial charge in [-0.1, -0.05) is 12.1 Å². The molecule has 0 saturated carbocycles. The second kappa shape index (κ2) is 4.76. The minimum absolute atomic E-state index is 0.198. The van der Waals surface area contributed by atoms with Gasteiger partial charge in [0, 0.05) is 23.6 Å². The Labute approximate surface area is 111 Å². The van der Waals surface area contributed by atoms with Crippen LogP contribution in [0.5, 0.6) is 5.75 Å². The fourth-order valence-corrected chi connectivity index (χ4v) is 2.28. The summed E-state index contributed by atoms with van der Waals surface area (Å²) in [5.74, 6) is 0.645. The van der Waals surface area contributed by atoms with Crippen molar-refractivity contribution in [2.45, 2.75) is 6.54 Å². The number of hydrogen-bond acceptors (Lipinski definition) is 1. The molecule has 2 nitrogen and oxygen atoms in total. The summed E-state index contributed by atoms with van der Waals surface area (Å²) in [6.45, 7) is 0.660. The molecule has 0 radical (unpaired) electrons. The second-order valence-electron chi connectivity index (χ2n) is 4.50. The molecule has 0 aliphatic rings. The summed E-state index contributed by atoms with van der Waals surface area (Å²) in [6.07, 6.45) is 2.01. The number of methoxy groups -OCH3 is 1. The Kier molecular flexibility index (Phi) is 2.95. The average molecular weight is 255 g/mol. The molecule has 0 bridgehead atoms. The molecule has 0 aliphatic heterocycles. The SMILES string of the molecule is COc1ccc2c(ccn2Cc2cccc(F)c2)c1. The number of hydrogen-bond donors (Lipinski definition) is 0. The molecule has 1 heterocycles. The van der Waals surface area contributed by atoms with Gasteiger partial charge >= 0.3 is 0 Å². The number of aromatic nitrogens is 1. The number of ether oxygens (including phenoxy) is 1. The molecule has 0 amide bonds. The largest absolute Gasteiger partial charge is 0.497 e. The van der Waals surface area contributed by atoms with E-state index in [9.17, 15) is 4.39 Å². The van der Waals surface area contributed by atoms with Crippen LogP contribution in [0, 0.1) is 5.82 Å². The molecule has 2 aromatic carbocycles. The van der Waals surface area contributed by atoms with Gasteiger partial charge < -0.3 is 9.30 Å². The smallest absolute Gasteiger partial charge is 0.123 e. The van der Waals surface area contributed by atoms with Gasteiger partial charge in [-0.05, 0) is 42.0 Å². The van der Waals surface area contributed by atoms with Gasteiger partial charge in [0.2, 0.25) is 0 Å². The molecule has 3 heteroatoms. The van der Waals surface area contributed by atoms with E-state index < -0.39 is 0 Å². The monoisotopic (exact) mass is 255 g/mol. The molecule has 0 N–H and O–H groups in total. The molecule has 19 heavy (non-hydrogen) atoms. The zero-order chi connectivity index (χ0) is 13.2. The number of benzene rings is 2. The van der Waals surface area contributed by atoms with E-state index in [1.807, 2.05) is 36.5 Å². The quantitative estimate of drug-likeness (QED) is 0.693. The van der Waals surface area contributed by atoms with Gasteiger partial charge in [0.1, 0.15) is 11.6 Å². The molecule has 0 fully saturated rings. The van der Waals surface area contributed by atoms with E-state index in [-0.39, 0.29) is 5.82 Å². The van der Waals surface area contributed by atoms with Crippen LogP contribution in [0.3, 0.4) is 0 Å². The van der Waals surface area contributed by atoms with Crippen LogP contribution in [-0.2, 0) is 6.54 Å². The minimum Gasteiger partial charge on any atom is -0.497 e. The maximum Gasteiger partial charge on any atom is 0.123 e. The first kappa shape index (κ1) is 11.8. The van der Waals surface area contributed by atoms with Gasteiger partial charge in [0.25, 0.3) is 0 Å². The van der Waals surface area contributed by atoms with E-state index in [2.05, 4.69) is 4.57 Å². The van der Waals surface area contributed by atoms with Crippen molar-refractivity contribution in [1.82, 2.24) is 4.57 Å². The lowest BCUT2D eigenvalue weighted by molar-refractivity contribution is 0.415. The first-order valence-electron chi connectivity index (χ1n) is 6.13. The molecule has 3 rings (SSSR count). The number of fused-ring (bicyclic) bond motifs is 1. The summed E-state index contributed by atoms with van der Waals surface area (Å²) in [5, 5.41) is 1.12. The van der Waals surface area contributed by atoms with E-state index in [0.29, 0.717) is 6.54 Å². The molecule has 0 unspecified atom stereocenters. The van der Waals surface area contributed by atoms with Crippen molar-refractivity contribution >= 4 is 10.9 Å². The summed E-state index contributed by atoms with van der Waals surface area (Å²) in [7, 11) is 1.66. The molecule has 96 valence electrons. The van der Waals surface area contributed by atoms with E-state index in [4.69, 9.17) is 4.74 Å². The highest BCUT2D eigenvalue weighted by Crippen LogP contribution is 2.22. The van der Waals surface area contributed by atoms with Crippen LogP contribution in [0.2, 0.25) is 0 Å². The van der Waals surface area contributed by atoms with E-state index in [1.54, 1.807) is 19.2 Å². The third kappa shape index (κ3) is 2.32. The molecule has 0 atom stereocenters. The Balaban J connectivity index is 1.97. The molecular weight excluding hydrogens is 241 g/mol. The van der Waals surface area contributed by atoms with Gasteiger partial charge in [-0.3, -0.25) is 0 Å². The van der Waals surface area contributed by atoms with Crippen LogP contribution < -0.4 is 4.74 Å². The van der Waals surface area contributed by atoms with E-state index in [1.165, 1.54) is 6.07 Å². The lowest BCUT2D eigenvalue weighted by Gasteiger charge is -2.06. The minimum atomic E-state index is -0.198. The van der Waals surface area contributed by atoms with Crippen molar-refractivity contribution in [3.8, 4) is 5.75 Å². The van der Waals surface area contributed by atoms with Crippen molar-refractivity contribution in [2.24, 2.45) is 0 Å². The van der Waals surface area contributed by atoms with Crippen LogP contribution in [0.25, 0.3) is 10.9 Å². The van der Waals surface area contributed by atoms with Crippen molar-refractivity contribution in [1.29, 1.82) is 0 Å². The zero-order valence-corrected chi connectivity index (χ0v) is 10.6. The maximum absolute atomic E-state index is 13.2. The molecular formula is C16H14FNO. The first-order valence-corrected chi connectivity index (χ1v) is 6.13. The summed E-state index contributed by atoms with van der Waals surface area (Å²) in [4.78, 5) is 0. The van der Waals surface area contributed by atoms with Crippen molar-refractivity contribution in [3.05, 3.63) is 66.1 Å². The van der Waals surface area contributed by atoms with Crippen molar-refractivity contribution in [2.75, 3.05) is 7.11 Å². The summed E-state index contributed by atoms with van der Waals surface area (Å²) in [6, 6.07) is 14.7. The Hall–Kier alpha value is -2.29. The number of halogens is 1. The number of nitrogens with zero attached hydrogens (tertiary/aromatic N) is 1. The highest BCUT2D eigenvalue weighted by molar-refractivity contribution is 5.81. The topological polar surface area (TPSA) is 14.2 Å². The Morgan fingerprint density at radius 1 is 1.11 bits per heavy atom. The molecule has 1 aromatic heterocycles. The van der Waals surface area contributed by atoms with E-state index >= 15 is 0 Å². The first-order chi connectivity index (χ1) is 9.26. The predicted octanol–water partition coefficient (Wildman–Crippen LogP) is 3.84. The van der Waals surface area contributed by atoms with Gasteiger partial charge in [0.05, 0.1) is 7.11 Å². The number of rotatable bonds is 3. The fraction of sp³-hybridized carbons (Fsp3) is 0.125. The van der Waals surface area contributed by atoms with Crippen LogP contribution in [0.1, 0.15) is 5.56 Å². The van der Waals surface area contributed by atoms with Crippen LogP contribution in [-0.4, -0.2) is 11.7 Å². The van der Waals surface area contributed by atoms with Gasteiger partial charge in [-0.25, -0.2) is 4.39 Å². The maximum atomic E-state index is 13.2. The fourth-order valence-electron chi connectivity index (χ4n) is 2.28. The Morgan fingerprint density at radius 3 is 2.79 bits per heavy atom.